The number of nitrogens with zero attached hydrogens (tertiary/aromatic N) is 1. The van der Waals surface area contributed by atoms with Gasteiger partial charge in [-0.2, -0.15) is 0 Å². The van der Waals surface area contributed by atoms with Gasteiger partial charge >= 0.3 is 0 Å². The average Bonchev–Trinajstić information content (AvgIpc) is 2.67. The first-order valence-corrected chi connectivity index (χ1v) is 7.29. The van der Waals surface area contributed by atoms with Gasteiger partial charge in [-0.3, -0.25) is 0 Å². The van der Waals surface area contributed by atoms with Crippen molar-refractivity contribution in [3.63, 3.8) is 0 Å². The lowest BCUT2D eigenvalue weighted by Gasteiger charge is -2.37. The van der Waals surface area contributed by atoms with E-state index in [-0.39, 0.29) is 0 Å². The molecule has 0 aromatic carbocycles. The first-order chi connectivity index (χ1) is 7.79. The molecule has 1 aliphatic carbocycles. The average molecular weight is 224 g/mol. The molecule has 3 unspecified atom stereocenters. The van der Waals surface area contributed by atoms with E-state index in [1.165, 1.54) is 64.5 Å². The molecule has 0 spiro atoms. The minimum Gasteiger partial charge on any atom is -0.328 e. The van der Waals surface area contributed by atoms with Gasteiger partial charge < -0.3 is 10.6 Å². The maximum atomic E-state index is 6.01. The number of nitrogens with two attached hydrogens (primary N) is 1. The van der Waals surface area contributed by atoms with Crippen molar-refractivity contribution in [2.75, 3.05) is 13.1 Å². The van der Waals surface area contributed by atoms with E-state index in [0.29, 0.717) is 6.04 Å². The molecule has 16 heavy (non-hydrogen) atoms. The fourth-order valence-corrected chi connectivity index (χ4v) is 3.57. The van der Waals surface area contributed by atoms with Crippen molar-refractivity contribution in [3.8, 4) is 0 Å². The Labute approximate surface area is 101 Å². The van der Waals surface area contributed by atoms with Crippen LogP contribution in [0.25, 0.3) is 0 Å². The Kier molecular flexibility index (Phi) is 4.66. The van der Waals surface area contributed by atoms with Gasteiger partial charge in [0.25, 0.3) is 0 Å². The zero-order valence-electron chi connectivity index (χ0n) is 10.8. The van der Waals surface area contributed by atoms with Crippen molar-refractivity contribution >= 4 is 0 Å². The summed E-state index contributed by atoms with van der Waals surface area (Å²) in [5, 5.41) is 0. The van der Waals surface area contributed by atoms with Gasteiger partial charge in [-0.1, -0.05) is 19.8 Å². The second-order valence-electron chi connectivity index (χ2n) is 5.87. The summed E-state index contributed by atoms with van der Waals surface area (Å²) in [6.45, 7) is 4.99. The molecule has 0 aromatic heterocycles. The molecule has 0 amide bonds. The molecular formula is C14H28N2. The van der Waals surface area contributed by atoms with E-state index in [2.05, 4.69) is 11.8 Å². The Morgan fingerprint density at radius 2 is 2.06 bits per heavy atom. The van der Waals surface area contributed by atoms with Crippen LogP contribution in [0, 0.1) is 5.92 Å². The Hall–Kier alpha value is -0.0800. The van der Waals surface area contributed by atoms with E-state index >= 15 is 0 Å². The third-order valence-corrected chi connectivity index (χ3v) is 4.45. The zero-order valence-corrected chi connectivity index (χ0v) is 10.8. The molecule has 3 atom stereocenters. The van der Waals surface area contributed by atoms with E-state index in [1.54, 1.807) is 0 Å². The number of rotatable bonds is 4. The van der Waals surface area contributed by atoms with Crippen LogP contribution in [-0.2, 0) is 0 Å². The normalized spacial score (nSPS) is 36.8. The number of hydrogen-bond acceptors (Lipinski definition) is 2. The summed E-state index contributed by atoms with van der Waals surface area (Å²) in [5.74, 6) is 0.896. The van der Waals surface area contributed by atoms with Gasteiger partial charge in [0.15, 0.2) is 0 Å². The van der Waals surface area contributed by atoms with Gasteiger partial charge in [0.1, 0.15) is 0 Å². The van der Waals surface area contributed by atoms with Crippen LogP contribution in [0.15, 0.2) is 0 Å². The van der Waals surface area contributed by atoms with Crippen molar-refractivity contribution in [2.24, 2.45) is 11.7 Å². The lowest BCUT2D eigenvalue weighted by Crippen LogP contribution is -2.42. The van der Waals surface area contributed by atoms with Gasteiger partial charge in [0, 0.05) is 18.6 Å². The van der Waals surface area contributed by atoms with Crippen LogP contribution < -0.4 is 5.73 Å². The molecule has 94 valence electrons. The maximum Gasteiger partial charge on any atom is 0.00952 e. The van der Waals surface area contributed by atoms with Gasteiger partial charge in [0.2, 0.25) is 0 Å². The van der Waals surface area contributed by atoms with Gasteiger partial charge in [0.05, 0.1) is 0 Å². The number of piperidine rings is 1. The predicted molar refractivity (Wildman–Crippen MR) is 69.4 cm³/mol. The second-order valence-corrected chi connectivity index (χ2v) is 5.87. The van der Waals surface area contributed by atoms with Crippen LogP contribution in [0.5, 0.6) is 0 Å². The van der Waals surface area contributed by atoms with Crippen molar-refractivity contribution in [1.82, 2.24) is 4.90 Å². The van der Waals surface area contributed by atoms with E-state index in [9.17, 15) is 0 Å². The molecule has 1 aliphatic heterocycles. The summed E-state index contributed by atoms with van der Waals surface area (Å²) in [7, 11) is 0. The van der Waals surface area contributed by atoms with Crippen molar-refractivity contribution < 1.29 is 0 Å². The quantitative estimate of drug-likeness (QED) is 0.795. The van der Waals surface area contributed by atoms with Crippen LogP contribution >= 0.6 is 0 Å². The molecule has 1 saturated heterocycles. The van der Waals surface area contributed by atoms with Crippen LogP contribution in [0.3, 0.4) is 0 Å². The molecule has 0 aromatic rings. The highest BCUT2D eigenvalue weighted by Gasteiger charge is 2.28. The first kappa shape index (κ1) is 12.4. The predicted octanol–water partition coefficient (Wildman–Crippen LogP) is 2.77. The standard InChI is InChI=1S/C14H28N2/c1-2-5-14-6-3-4-9-16(14)11-12-7-8-13(15)10-12/h12-14H,2-11,15H2,1H3. The summed E-state index contributed by atoms with van der Waals surface area (Å²) < 4.78 is 0. The van der Waals surface area contributed by atoms with Gasteiger partial charge in [-0.05, 0) is 51.0 Å². The maximum absolute atomic E-state index is 6.01. The van der Waals surface area contributed by atoms with Gasteiger partial charge in [-0.25, -0.2) is 0 Å². The van der Waals surface area contributed by atoms with Crippen LogP contribution in [0.2, 0.25) is 0 Å². The molecular weight excluding hydrogens is 196 g/mol. The third-order valence-electron chi connectivity index (χ3n) is 4.45. The van der Waals surface area contributed by atoms with Crippen LogP contribution in [0.1, 0.15) is 58.3 Å². The zero-order chi connectivity index (χ0) is 11.4. The van der Waals surface area contributed by atoms with Crippen molar-refractivity contribution in [2.45, 2.75) is 70.4 Å². The van der Waals surface area contributed by atoms with E-state index in [4.69, 9.17) is 5.73 Å². The van der Waals surface area contributed by atoms with Crippen LogP contribution in [0.4, 0.5) is 0 Å². The summed E-state index contributed by atoms with van der Waals surface area (Å²) in [6, 6.07) is 1.38. The molecule has 2 nitrogen and oxygen atoms in total. The molecule has 2 fully saturated rings. The molecule has 2 rings (SSSR count). The van der Waals surface area contributed by atoms with Crippen molar-refractivity contribution in [3.05, 3.63) is 0 Å². The number of likely N-dealkylation sites (tertiary alicyclic amines) is 1. The largest absolute Gasteiger partial charge is 0.328 e. The van der Waals surface area contributed by atoms with Crippen LogP contribution in [-0.4, -0.2) is 30.1 Å². The minimum absolute atomic E-state index is 0.499. The van der Waals surface area contributed by atoms with E-state index in [0.717, 1.165) is 12.0 Å². The molecule has 2 N–H and O–H groups in total. The Bertz CT molecular complexity index is 203. The lowest BCUT2D eigenvalue weighted by atomic mass is 9.96. The highest BCUT2D eigenvalue weighted by Crippen LogP contribution is 2.28. The minimum atomic E-state index is 0.499. The molecule has 2 aliphatic rings. The second kappa shape index (κ2) is 6.02. The fourth-order valence-electron chi connectivity index (χ4n) is 3.57. The Morgan fingerprint density at radius 3 is 2.75 bits per heavy atom. The monoisotopic (exact) mass is 224 g/mol. The molecule has 0 bridgehead atoms. The van der Waals surface area contributed by atoms with E-state index < -0.39 is 0 Å². The smallest absolute Gasteiger partial charge is 0.00952 e. The number of hydrogen-bond donors (Lipinski definition) is 1. The lowest BCUT2D eigenvalue weighted by molar-refractivity contribution is 0.118. The van der Waals surface area contributed by atoms with E-state index in [1.807, 2.05) is 0 Å². The summed E-state index contributed by atoms with van der Waals surface area (Å²) in [5.41, 5.74) is 6.01. The van der Waals surface area contributed by atoms with Crippen molar-refractivity contribution in [1.29, 1.82) is 0 Å². The highest BCUT2D eigenvalue weighted by molar-refractivity contribution is 4.84. The SMILES string of the molecule is CCCC1CCCCN1CC1CCC(N)C1. The Morgan fingerprint density at radius 1 is 1.19 bits per heavy atom. The first-order valence-electron chi connectivity index (χ1n) is 7.29. The molecule has 2 heteroatoms. The fraction of sp³-hybridized carbons (Fsp3) is 1.00. The summed E-state index contributed by atoms with van der Waals surface area (Å²) >= 11 is 0. The third kappa shape index (κ3) is 3.21. The Balaban J connectivity index is 1.81. The topological polar surface area (TPSA) is 29.3 Å². The summed E-state index contributed by atoms with van der Waals surface area (Å²) in [6.07, 6.45) is 10.9. The highest BCUT2D eigenvalue weighted by atomic mass is 15.2. The van der Waals surface area contributed by atoms with Gasteiger partial charge in [-0.15, -0.1) is 0 Å². The molecule has 1 heterocycles. The summed E-state index contributed by atoms with van der Waals surface area (Å²) in [4.78, 5) is 2.77. The molecule has 1 saturated carbocycles. The molecule has 0 radical (unpaired) electrons.